The lowest BCUT2D eigenvalue weighted by atomic mass is 9.81. The van der Waals surface area contributed by atoms with Crippen LogP contribution in [0.15, 0.2) is 0 Å². The summed E-state index contributed by atoms with van der Waals surface area (Å²) in [5.41, 5.74) is -0.476. The highest BCUT2D eigenvalue weighted by molar-refractivity contribution is 5.68. The molecule has 1 amide bonds. The normalized spacial score (nSPS) is 26.3. The third-order valence-corrected chi connectivity index (χ3v) is 4.59. The van der Waals surface area contributed by atoms with E-state index in [0.717, 1.165) is 32.2 Å². The van der Waals surface area contributed by atoms with Gasteiger partial charge in [0.1, 0.15) is 5.60 Å². The van der Waals surface area contributed by atoms with Crippen LogP contribution in [0.25, 0.3) is 0 Å². The van der Waals surface area contributed by atoms with Gasteiger partial charge in [0.15, 0.2) is 0 Å². The van der Waals surface area contributed by atoms with Crippen molar-refractivity contribution in [2.75, 3.05) is 6.54 Å². The topological polar surface area (TPSA) is 49.8 Å². The number of aliphatic hydroxyl groups is 1. The highest BCUT2D eigenvalue weighted by atomic mass is 16.6. The van der Waals surface area contributed by atoms with E-state index in [-0.39, 0.29) is 24.2 Å². The predicted molar refractivity (Wildman–Crippen MR) is 85.2 cm³/mol. The number of piperidine rings is 1. The van der Waals surface area contributed by atoms with Gasteiger partial charge in [0, 0.05) is 18.5 Å². The van der Waals surface area contributed by atoms with Crippen LogP contribution in [0.2, 0.25) is 0 Å². The second-order valence-corrected chi connectivity index (χ2v) is 7.37. The number of ether oxygens (including phenoxy) is 1. The quantitative estimate of drug-likeness (QED) is 0.858. The van der Waals surface area contributed by atoms with Crippen molar-refractivity contribution in [3.63, 3.8) is 0 Å². The molecule has 21 heavy (non-hydrogen) atoms. The van der Waals surface area contributed by atoms with E-state index in [1.807, 2.05) is 39.5 Å². The average molecular weight is 299 g/mol. The second kappa shape index (κ2) is 7.48. The molecule has 0 spiro atoms. The van der Waals surface area contributed by atoms with Gasteiger partial charge in [0.05, 0.1) is 6.10 Å². The van der Waals surface area contributed by atoms with E-state index >= 15 is 0 Å². The highest BCUT2D eigenvalue weighted by Crippen LogP contribution is 2.32. The van der Waals surface area contributed by atoms with E-state index in [9.17, 15) is 9.90 Å². The van der Waals surface area contributed by atoms with Crippen LogP contribution in [0.1, 0.15) is 67.2 Å². The number of aliphatic hydroxyl groups excluding tert-OH is 1. The van der Waals surface area contributed by atoms with E-state index < -0.39 is 5.60 Å². The summed E-state index contributed by atoms with van der Waals surface area (Å²) < 4.78 is 5.55. The molecule has 1 fully saturated rings. The number of nitrogens with zero attached hydrogens (tertiary/aromatic N) is 1. The van der Waals surface area contributed by atoms with Gasteiger partial charge in [0.25, 0.3) is 0 Å². The molecule has 4 heteroatoms. The number of likely N-dealkylation sites (tertiary alicyclic amines) is 1. The maximum absolute atomic E-state index is 12.5. The molecule has 0 saturated carbocycles. The molecule has 0 aliphatic carbocycles. The first kappa shape index (κ1) is 18.3. The molecule has 0 aromatic carbocycles. The lowest BCUT2D eigenvalue weighted by Crippen LogP contribution is -2.52. The summed E-state index contributed by atoms with van der Waals surface area (Å²) in [4.78, 5) is 14.3. The Bertz CT molecular complexity index is 335. The van der Waals surface area contributed by atoms with Crippen LogP contribution in [0.5, 0.6) is 0 Å². The molecule has 1 aliphatic heterocycles. The number of amides is 1. The van der Waals surface area contributed by atoms with Gasteiger partial charge in [-0.05, 0) is 46.0 Å². The molecular weight excluding hydrogens is 266 g/mol. The van der Waals surface area contributed by atoms with Gasteiger partial charge in [-0.2, -0.15) is 0 Å². The van der Waals surface area contributed by atoms with Gasteiger partial charge in [-0.1, -0.05) is 27.2 Å². The lowest BCUT2D eigenvalue weighted by Gasteiger charge is -2.43. The first-order valence-electron chi connectivity index (χ1n) is 8.37. The van der Waals surface area contributed by atoms with E-state index in [2.05, 4.69) is 6.92 Å². The zero-order valence-electron chi connectivity index (χ0n) is 14.6. The largest absolute Gasteiger partial charge is 0.444 e. The highest BCUT2D eigenvalue weighted by Gasteiger charge is 2.38. The van der Waals surface area contributed by atoms with Crippen LogP contribution in [0.4, 0.5) is 4.79 Å². The fourth-order valence-corrected chi connectivity index (χ4v) is 3.12. The van der Waals surface area contributed by atoms with Crippen molar-refractivity contribution in [2.24, 2.45) is 11.8 Å². The molecule has 4 atom stereocenters. The van der Waals surface area contributed by atoms with E-state index in [4.69, 9.17) is 4.74 Å². The van der Waals surface area contributed by atoms with Crippen molar-refractivity contribution in [3.05, 3.63) is 0 Å². The smallest absolute Gasteiger partial charge is 0.410 e. The van der Waals surface area contributed by atoms with Crippen molar-refractivity contribution >= 4 is 6.09 Å². The Balaban J connectivity index is 2.85. The molecule has 4 nitrogen and oxygen atoms in total. The SMILES string of the molecule is CCC1CCN(C(=O)OC(C)(C)C)C(C(C)C(O)CC)C1. The monoisotopic (exact) mass is 299 g/mol. The van der Waals surface area contributed by atoms with E-state index in [1.54, 1.807) is 0 Å². The molecule has 0 bridgehead atoms. The van der Waals surface area contributed by atoms with Gasteiger partial charge < -0.3 is 14.7 Å². The summed E-state index contributed by atoms with van der Waals surface area (Å²) in [6.07, 6.45) is 3.24. The Hall–Kier alpha value is -0.770. The summed E-state index contributed by atoms with van der Waals surface area (Å²) in [5.74, 6) is 0.720. The standard InChI is InChI=1S/C17H33NO3/c1-7-13-9-10-18(16(20)21-17(4,5)6)14(11-13)12(3)15(19)8-2/h12-15,19H,7-11H2,1-6H3. The Morgan fingerprint density at radius 1 is 1.38 bits per heavy atom. The number of hydrogen-bond donors (Lipinski definition) is 1. The number of hydrogen-bond acceptors (Lipinski definition) is 3. The zero-order chi connectivity index (χ0) is 16.2. The Morgan fingerprint density at radius 3 is 2.48 bits per heavy atom. The van der Waals surface area contributed by atoms with E-state index in [1.165, 1.54) is 0 Å². The zero-order valence-corrected chi connectivity index (χ0v) is 14.6. The molecule has 0 aromatic heterocycles. The summed E-state index contributed by atoms with van der Waals surface area (Å²) in [5, 5.41) is 10.2. The van der Waals surface area contributed by atoms with Gasteiger partial charge in [0.2, 0.25) is 0 Å². The van der Waals surface area contributed by atoms with Crippen molar-refractivity contribution in [1.29, 1.82) is 0 Å². The molecule has 0 radical (unpaired) electrons. The van der Waals surface area contributed by atoms with Gasteiger partial charge in [-0.3, -0.25) is 0 Å². The molecule has 1 aliphatic rings. The van der Waals surface area contributed by atoms with E-state index in [0.29, 0.717) is 5.92 Å². The first-order chi connectivity index (χ1) is 9.69. The maximum atomic E-state index is 12.5. The minimum absolute atomic E-state index is 0.0773. The molecule has 1 rings (SSSR count). The molecule has 124 valence electrons. The molecular formula is C17H33NO3. The van der Waals surface area contributed by atoms with Crippen molar-refractivity contribution < 1.29 is 14.6 Å². The number of carbonyl (C=O) groups excluding carboxylic acids is 1. The summed E-state index contributed by atoms with van der Waals surface area (Å²) in [6, 6.07) is 0.0773. The Kier molecular flexibility index (Phi) is 6.51. The second-order valence-electron chi connectivity index (χ2n) is 7.37. The van der Waals surface area contributed by atoms with Crippen LogP contribution < -0.4 is 0 Å². The molecule has 4 unspecified atom stereocenters. The lowest BCUT2D eigenvalue weighted by molar-refractivity contribution is -0.0215. The predicted octanol–water partition coefficient (Wildman–Crippen LogP) is 3.82. The minimum Gasteiger partial charge on any atom is -0.444 e. The van der Waals surface area contributed by atoms with Gasteiger partial charge in [-0.25, -0.2) is 4.79 Å². The van der Waals surface area contributed by atoms with Gasteiger partial charge in [-0.15, -0.1) is 0 Å². The van der Waals surface area contributed by atoms with Crippen LogP contribution in [0.3, 0.4) is 0 Å². The molecule has 1 N–H and O–H groups in total. The number of carbonyl (C=O) groups is 1. The Labute approximate surface area is 129 Å². The summed E-state index contributed by atoms with van der Waals surface area (Å²) in [7, 11) is 0. The van der Waals surface area contributed by atoms with Crippen molar-refractivity contribution in [1.82, 2.24) is 4.90 Å². The fourth-order valence-electron chi connectivity index (χ4n) is 3.12. The van der Waals surface area contributed by atoms with Gasteiger partial charge >= 0.3 is 6.09 Å². The van der Waals surface area contributed by atoms with Crippen molar-refractivity contribution in [2.45, 2.75) is 85.0 Å². The summed E-state index contributed by atoms with van der Waals surface area (Å²) in [6.45, 7) is 12.6. The minimum atomic E-state index is -0.476. The third-order valence-electron chi connectivity index (χ3n) is 4.59. The van der Waals surface area contributed by atoms with Crippen LogP contribution in [0, 0.1) is 11.8 Å². The van der Waals surface area contributed by atoms with Crippen LogP contribution in [-0.2, 0) is 4.74 Å². The fraction of sp³-hybridized carbons (Fsp3) is 0.941. The Morgan fingerprint density at radius 2 is 2.00 bits per heavy atom. The summed E-state index contributed by atoms with van der Waals surface area (Å²) >= 11 is 0. The van der Waals surface area contributed by atoms with Crippen LogP contribution >= 0.6 is 0 Å². The molecule has 1 saturated heterocycles. The number of rotatable bonds is 4. The maximum Gasteiger partial charge on any atom is 0.410 e. The molecule has 1 heterocycles. The molecule has 0 aromatic rings. The van der Waals surface area contributed by atoms with Crippen molar-refractivity contribution in [3.8, 4) is 0 Å². The third kappa shape index (κ3) is 5.17. The average Bonchev–Trinajstić information content (AvgIpc) is 2.43. The first-order valence-corrected chi connectivity index (χ1v) is 8.37. The van der Waals surface area contributed by atoms with Crippen LogP contribution in [-0.4, -0.2) is 40.4 Å².